The van der Waals surface area contributed by atoms with Crippen LogP contribution < -0.4 is 0 Å². The van der Waals surface area contributed by atoms with E-state index in [0.29, 0.717) is 25.7 Å². The molecular formula is C17H18F6S. The molecule has 0 atom stereocenters. The summed E-state index contributed by atoms with van der Waals surface area (Å²) in [5, 5.41) is 0.183. The minimum Gasteiger partial charge on any atom is -0.208 e. The predicted octanol–water partition coefficient (Wildman–Crippen LogP) is 6.42. The summed E-state index contributed by atoms with van der Waals surface area (Å²) in [6, 6.07) is 2.95. The lowest BCUT2D eigenvalue weighted by molar-refractivity contribution is -0.134. The molecular weight excluding hydrogens is 350 g/mol. The maximum absolute atomic E-state index is 14.2. The van der Waals surface area contributed by atoms with Crippen molar-refractivity contribution < 1.29 is 26.3 Å². The van der Waals surface area contributed by atoms with Gasteiger partial charge in [0, 0.05) is 23.2 Å². The Hall–Kier alpha value is -1.11. The van der Waals surface area contributed by atoms with Crippen molar-refractivity contribution in [2.45, 2.75) is 50.0 Å². The van der Waals surface area contributed by atoms with Crippen molar-refractivity contribution in [2.75, 3.05) is 0 Å². The quantitative estimate of drug-likeness (QED) is 0.460. The van der Waals surface area contributed by atoms with Crippen LogP contribution in [0.25, 0.3) is 5.83 Å². The molecule has 134 valence electrons. The maximum Gasteiger partial charge on any atom is 0.389 e. The standard InChI is InChI=1S/C17H18F6S/c18-14-9-12(2-1-10(14)7-8-17(21,22)23)16(20)15(19)11-3-5-13(24)6-4-11/h1-2,9,11,13,24H,3-8H2/b16-15+. The molecule has 0 heterocycles. The van der Waals surface area contributed by atoms with Gasteiger partial charge in [0.05, 0.1) is 0 Å². The summed E-state index contributed by atoms with van der Waals surface area (Å²) >= 11 is 4.29. The van der Waals surface area contributed by atoms with E-state index in [2.05, 4.69) is 12.6 Å². The van der Waals surface area contributed by atoms with E-state index in [-0.39, 0.29) is 16.4 Å². The largest absolute Gasteiger partial charge is 0.389 e. The molecule has 0 radical (unpaired) electrons. The highest BCUT2D eigenvalue weighted by Gasteiger charge is 2.28. The van der Waals surface area contributed by atoms with Gasteiger partial charge in [-0.15, -0.1) is 0 Å². The fourth-order valence-corrected chi connectivity index (χ4v) is 3.11. The predicted molar refractivity (Wildman–Crippen MR) is 84.6 cm³/mol. The Bertz CT molecular complexity index is 600. The van der Waals surface area contributed by atoms with E-state index in [9.17, 15) is 26.3 Å². The van der Waals surface area contributed by atoms with E-state index in [0.717, 1.165) is 18.2 Å². The summed E-state index contributed by atoms with van der Waals surface area (Å²) in [7, 11) is 0. The first-order valence-corrected chi connectivity index (χ1v) is 8.28. The van der Waals surface area contributed by atoms with E-state index in [1.165, 1.54) is 0 Å². The highest BCUT2D eigenvalue weighted by molar-refractivity contribution is 7.80. The molecule has 0 nitrogen and oxygen atoms in total. The van der Waals surface area contributed by atoms with Gasteiger partial charge in [-0.1, -0.05) is 12.1 Å². The first-order valence-electron chi connectivity index (χ1n) is 7.76. The first-order chi connectivity index (χ1) is 11.2. The summed E-state index contributed by atoms with van der Waals surface area (Å²) in [5.74, 6) is -3.57. The second-order valence-corrected chi connectivity index (χ2v) is 6.82. The Kier molecular flexibility index (Phi) is 6.28. The summed E-state index contributed by atoms with van der Waals surface area (Å²) in [6.07, 6.45) is -3.79. The van der Waals surface area contributed by atoms with Gasteiger partial charge in [-0.05, 0) is 43.7 Å². The topological polar surface area (TPSA) is 0 Å². The van der Waals surface area contributed by atoms with Crippen LogP contribution in [0, 0.1) is 11.7 Å². The number of aryl methyl sites for hydroxylation is 1. The molecule has 0 saturated heterocycles. The van der Waals surface area contributed by atoms with Gasteiger partial charge in [-0.3, -0.25) is 0 Å². The Morgan fingerprint density at radius 1 is 1.08 bits per heavy atom. The zero-order chi connectivity index (χ0) is 17.9. The monoisotopic (exact) mass is 368 g/mol. The van der Waals surface area contributed by atoms with Crippen LogP contribution in [0.2, 0.25) is 0 Å². The van der Waals surface area contributed by atoms with Crippen molar-refractivity contribution in [1.82, 2.24) is 0 Å². The van der Waals surface area contributed by atoms with Gasteiger partial charge in [-0.2, -0.15) is 25.8 Å². The summed E-state index contributed by atoms with van der Waals surface area (Å²) < 4.78 is 78.9. The molecule has 7 heteroatoms. The number of hydrogen-bond acceptors (Lipinski definition) is 1. The third-order valence-corrected chi connectivity index (χ3v) is 4.77. The van der Waals surface area contributed by atoms with Crippen LogP contribution in [0.15, 0.2) is 24.0 Å². The number of hydrogen-bond donors (Lipinski definition) is 1. The van der Waals surface area contributed by atoms with Crippen molar-refractivity contribution >= 4 is 18.5 Å². The Labute approximate surface area is 142 Å². The third kappa shape index (κ3) is 5.19. The molecule has 0 amide bonds. The first kappa shape index (κ1) is 19.2. The molecule has 1 fully saturated rings. The van der Waals surface area contributed by atoms with E-state index in [1.807, 2.05) is 0 Å². The normalized spacial score (nSPS) is 23.1. The molecule has 24 heavy (non-hydrogen) atoms. The van der Waals surface area contributed by atoms with Crippen LogP contribution in [-0.2, 0) is 6.42 Å². The number of rotatable bonds is 4. The molecule has 0 spiro atoms. The number of thiol groups is 1. The highest BCUT2D eigenvalue weighted by atomic mass is 32.1. The zero-order valence-corrected chi connectivity index (χ0v) is 13.7. The Morgan fingerprint density at radius 2 is 1.71 bits per heavy atom. The van der Waals surface area contributed by atoms with Gasteiger partial charge >= 0.3 is 6.18 Å². The van der Waals surface area contributed by atoms with Crippen LogP contribution in [0.5, 0.6) is 0 Å². The maximum atomic E-state index is 14.2. The second kappa shape index (κ2) is 7.85. The van der Waals surface area contributed by atoms with Gasteiger partial charge in [0.1, 0.15) is 11.6 Å². The van der Waals surface area contributed by atoms with Crippen molar-refractivity contribution in [3.8, 4) is 0 Å². The zero-order valence-electron chi connectivity index (χ0n) is 12.8. The van der Waals surface area contributed by atoms with Crippen LogP contribution >= 0.6 is 12.6 Å². The van der Waals surface area contributed by atoms with Gasteiger partial charge in [0.15, 0.2) is 5.83 Å². The molecule has 1 aromatic rings. The number of halogens is 6. The lowest BCUT2D eigenvalue weighted by Gasteiger charge is -2.24. The fraction of sp³-hybridized carbons (Fsp3) is 0.529. The van der Waals surface area contributed by atoms with E-state index in [4.69, 9.17) is 0 Å². The van der Waals surface area contributed by atoms with Gasteiger partial charge in [0.25, 0.3) is 0 Å². The molecule has 2 rings (SSSR count). The molecule has 1 aliphatic carbocycles. The van der Waals surface area contributed by atoms with Crippen molar-refractivity contribution in [1.29, 1.82) is 0 Å². The number of benzene rings is 1. The molecule has 0 aliphatic heterocycles. The molecule has 1 aromatic carbocycles. The number of allylic oxidation sites excluding steroid dienone is 1. The lowest BCUT2D eigenvalue weighted by Crippen LogP contribution is -2.15. The molecule has 0 unspecified atom stereocenters. The van der Waals surface area contributed by atoms with Crippen LogP contribution in [0.1, 0.15) is 43.2 Å². The Morgan fingerprint density at radius 3 is 2.25 bits per heavy atom. The average molecular weight is 368 g/mol. The minimum atomic E-state index is -4.39. The number of alkyl halides is 3. The van der Waals surface area contributed by atoms with Gasteiger partial charge < -0.3 is 0 Å². The average Bonchev–Trinajstić information content (AvgIpc) is 2.52. The van der Waals surface area contributed by atoms with E-state index < -0.39 is 42.4 Å². The van der Waals surface area contributed by atoms with Gasteiger partial charge in [-0.25, -0.2) is 13.2 Å². The Balaban J connectivity index is 2.13. The van der Waals surface area contributed by atoms with Crippen LogP contribution in [0.3, 0.4) is 0 Å². The highest BCUT2D eigenvalue weighted by Crippen LogP contribution is 2.37. The summed E-state index contributed by atoms with van der Waals surface area (Å²) in [4.78, 5) is 0. The van der Waals surface area contributed by atoms with Crippen LogP contribution in [0.4, 0.5) is 26.3 Å². The van der Waals surface area contributed by atoms with Gasteiger partial charge in [0.2, 0.25) is 0 Å². The van der Waals surface area contributed by atoms with Crippen molar-refractivity contribution in [2.24, 2.45) is 5.92 Å². The third-order valence-electron chi connectivity index (χ3n) is 4.25. The molecule has 0 N–H and O–H groups in total. The molecule has 0 bridgehead atoms. The fourth-order valence-electron chi connectivity index (χ4n) is 2.81. The minimum absolute atomic E-state index is 0.167. The summed E-state index contributed by atoms with van der Waals surface area (Å²) in [5.41, 5.74) is -0.450. The SMILES string of the molecule is F/C(=C(/F)C1CCC(S)CC1)c1ccc(CCC(F)(F)F)c(F)c1. The molecule has 1 aliphatic rings. The second-order valence-electron chi connectivity index (χ2n) is 6.09. The van der Waals surface area contributed by atoms with Crippen LogP contribution in [-0.4, -0.2) is 11.4 Å². The molecule has 1 saturated carbocycles. The van der Waals surface area contributed by atoms with E-state index in [1.54, 1.807) is 0 Å². The van der Waals surface area contributed by atoms with E-state index >= 15 is 0 Å². The van der Waals surface area contributed by atoms with Crippen molar-refractivity contribution in [3.63, 3.8) is 0 Å². The van der Waals surface area contributed by atoms with Crippen molar-refractivity contribution in [3.05, 3.63) is 41.0 Å². The summed E-state index contributed by atoms with van der Waals surface area (Å²) in [6.45, 7) is 0. The lowest BCUT2D eigenvalue weighted by atomic mass is 9.87. The smallest absolute Gasteiger partial charge is 0.208 e. The molecule has 0 aromatic heterocycles.